The van der Waals surface area contributed by atoms with Gasteiger partial charge in [-0.2, -0.15) is 16.7 Å². The van der Waals surface area contributed by atoms with E-state index in [-0.39, 0.29) is 43.8 Å². The summed E-state index contributed by atoms with van der Waals surface area (Å²) in [5, 5.41) is 22.7. The maximum atomic E-state index is 15.2. The van der Waals surface area contributed by atoms with Gasteiger partial charge in [0.05, 0.1) is 41.2 Å². The van der Waals surface area contributed by atoms with E-state index in [9.17, 15) is 24.3 Å². The summed E-state index contributed by atoms with van der Waals surface area (Å²) in [6.45, 7) is 9.00. The highest BCUT2D eigenvalue weighted by molar-refractivity contribution is 8.00. The van der Waals surface area contributed by atoms with Gasteiger partial charge in [0.25, 0.3) is 11.8 Å². The minimum absolute atomic E-state index is 0.0354. The maximum absolute atomic E-state index is 15.2. The highest BCUT2D eigenvalue weighted by Crippen LogP contribution is 2.42. The van der Waals surface area contributed by atoms with Crippen LogP contribution in [0, 0.1) is 24.6 Å². The number of benzene rings is 2. The number of ether oxygens (including phenoxy) is 1. The van der Waals surface area contributed by atoms with Crippen molar-refractivity contribution in [3.8, 4) is 16.2 Å². The molecule has 4 aliphatic rings. The number of carbonyl (C=O) groups excluding carboxylic acids is 4. The number of anilines is 3. The third kappa shape index (κ3) is 12.4. The van der Waals surface area contributed by atoms with E-state index in [4.69, 9.17) is 16.3 Å². The van der Waals surface area contributed by atoms with Crippen LogP contribution in [-0.2, 0) is 20.9 Å². The van der Waals surface area contributed by atoms with Crippen LogP contribution in [0.2, 0.25) is 5.02 Å². The third-order valence-corrected chi connectivity index (χ3v) is 17.1. The van der Waals surface area contributed by atoms with Gasteiger partial charge in [0.15, 0.2) is 5.67 Å². The number of alkyl halides is 1. The number of likely N-dealkylation sites (tertiary alicyclic amines) is 1. The number of halogens is 3. The number of carbonyl (C=O) groups is 4. The lowest BCUT2D eigenvalue weighted by atomic mass is 9.82. The van der Waals surface area contributed by atoms with Crippen LogP contribution < -0.4 is 26.0 Å². The molecule has 71 heavy (non-hydrogen) atoms. The third-order valence-electron chi connectivity index (χ3n) is 14.2. The summed E-state index contributed by atoms with van der Waals surface area (Å²) in [4.78, 5) is 74.4. The zero-order valence-electron chi connectivity index (χ0n) is 40.7. The van der Waals surface area contributed by atoms with Gasteiger partial charge in [-0.3, -0.25) is 24.1 Å². The molecule has 2 aromatic carbocycles. The number of rotatable bonds is 18. The molecule has 2 aromatic heterocycles. The first kappa shape index (κ1) is 52.2. The molecule has 21 heteroatoms. The molecule has 4 heterocycles. The van der Waals surface area contributed by atoms with Gasteiger partial charge in [-0.05, 0) is 107 Å². The molecule has 8 rings (SSSR count). The van der Waals surface area contributed by atoms with E-state index in [0.717, 1.165) is 55.9 Å². The van der Waals surface area contributed by atoms with Gasteiger partial charge in [-0.25, -0.2) is 18.7 Å². The standard InChI is InChI=1S/C50H63ClF2N10O6S2/c1-29-41(70-28-57-29)32-10-11-34(37(52)20-32)23-55-44(65)39-22-35(64)26-63(39)46(67)42(59-47(68)50(53)14-15-50)49(2,3)71-27-31-8-6-30(7-9-31)25-61-16-18-62(19-17-61)45(66)33-12-13-38(40(21-33)69-5)58-48-56-24-36(51)43(54-4)60-48/h10-13,20-21,24,28,30-31,35,39,42,64H,6-9,14-19,22-23,25-27H2,1-5H3,(H,55,65)(H,59,68)(H2,54,56,58,60)/t30?,31?,35-,39+,42-/m1/s1. The molecule has 4 amide bonds. The first-order chi connectivity index (χ1) is 33.9. The number of aromatic nitrogens is 3. The van der Waals surface area contributed by atoms with Gasteiger partial charge in [0, 0.05) is 75.2 Å². The molecule has 2 saturated carbocycles. The fourth-order valence-corrected chi connectivity index (χ4v) is 12.0. The lowest BCUT2D eigenvalue weighted by Gasteiger charge is -2.40. The topological polar surface area (TPSA) is 194 Å². The smallest absolute Gasteiger partial charge is 0.258 e. The number of aryl methyl sites for hydroxylation is 1. The molecule has 0 unspecified atom stereocenters. The van der Waals surface area contributed by atoms with Crippen LogP contribution in [0.15, 0.2) is 48.1 Å². The van der Waals surface area contributed by atoms with Gasteiger partial charge < -0.3 is 40.9 Å². The second kappa shape index (κ2) is 22.3. The number of amides is 4. The lowest BCUT2D eigenvalue weighted by molar-refractivity contribution is -0.143. The van der Waals surface area contributed by atoms with Crippen molar-refractivity contribution in [2.75, 3.05) is 69.8 Å². The summed E-state index contributed by atoms with van der Waals surface area (Å²) in [5.41, 5.74) is 2.53. The van der Waals surface area contributed by atoms with Crippen LogP contribution in [0.5, 0.6) is 5.75 Å². The molecule has 0 spiro atoms. The summed E-state index contributed by atoms with van der Waals surface area (Å²) >= 11 is 9.10. The average molecular weight is 1040 g/mol. The van der Waals surface area contributed by atoms with Gasteiger partial charge in [0.2, 0.25) is 17.8 Å². The molecule has 5 N–H and O–H groups in total. The molecule has 2 aliphatic carbocycles. The Labute approximate surface area is 426 Å². The SMILES string of the molecule is CNc1nc(Nc2ccc(C(=O)N3CCN(CC4CCC(CSC(C)(C)[C@H](NC(=O)C5(F)CC5)C(=O)N5C[C@H](O)C[C@H]5C(=O)NCc5ccc(-c6scnc6C)cc5F)CC4)CC3)cc2OC)ncc1Cl. The van der Waals surface area contributed by atoms with Crippen molar-refractivity contribution in [2.45, 2.75) is 101 Å². The van der Waals surface area contributed by atoms with Crippen molar-refractivity contribution >= 4 is 75.8 Å². The zero-order chi connectivity index (χ0) is 50.6. The largest absolute Gasteiger partial charge is 0.495 e. The van der Waals surface area contributed by atoms with E-state index in [0.29, 0.717) is 70.0 Å². The number of hydrogen-bond acceptors (Lipinski definition) is 14. The van der Waals surface area contributed by atoms with Crippen LogP contribution >= 0.6 is 34.7 Å². The van der Waals surface area contributed by atoms with E-state index >= 15 is 8.78 Å². The maximum Gasteiger partial charge on any atom is 0.258 e. The Bertz CT molecular complexity index is 2590. The normalized spacial score (nSPS) is 21.6. The Morgan fingerprint density at radius 3 is 2.44 bits per heavy atom. The number of methoxy groups -OCH3 is 1. The van der Waals surface area contributed by atoms with E-state index in [2.05, 4.69) is 41.1 Å². The second-order valence-corrected chi connectivity index (χ2v) is 22.6. The van der Waals surface area contributed by atoms with Crippen LogP contribution in [0.25, 0.3) is 10.4 Å². The molecule has 4 aromatic rings. The molecular formula is C50H63ClF2N10O6S2. The number of β-amino-alcohol motifs (C(OH)–C–C–N with tert-alkyl or cyclic N) is 1. The van der Waals surface area contributed by atoms with Gasteiger partial charge in [-0.15, -0.1) is 11.3 Å². The van der Waals surface area contributed by atoms with E-state index in [1.165, 1.54) is 28.5 Å². The highest BCUT2D eigenvalue weighted by atomic mass is 35.5. The average Bonchev–Trinajstić information content (AvgIpc) is 3.77. The molecular weight excluding hydrogens is 974 g/mol. The van der Waals surface area contributed by atoms with Crippen LogP contribution in [-0.4, -0.2) is 146 Å². The molecule has 4 fully saturated rings. The summed E-state index contributed by atoms with van der Waals surface area (Å²) < 4.78 is 35.1. The molecule has 0 radical (unpaired) electrons. The highest BCUT2D eigenvalue weighted by Gasteiger charge is 2.54. The van der Waals surface area contributed by atoms with Crippen molar-refractivity contribution in [1.29, 1.82) is 0 Å². The van der Waals surface area contributed by atoms with Crippen molar-refractivity contribution in [3.63, 3.8) is 0 Å². The summed E-state index contributed by atoms with van der Waals surface area (Å²) in [5.74, 6) is 0.336. The summed E-state index contributed by atoms with van der Waals surface area (Å²) in [7, 11) is 3.26. The van der Waals surface area contributed by atoms with E-state index in [1.54, 1.807) is 61.8 Å². The lowest BCUT2D eigenvalue weighted by Crippen LogP contribution is -2.61. The van der Waals surface area contributed by atoms with Gasteiger partial charge in [0.1, 0.15) is 34.5 Å². The van der Waals surface area contributed by atoms with Crippen LogP contribution in [0.4, 0.5) is 26.2 Å². The quantitative estimate of drug-likeness (QED) is 0.0697. The minimum Gasteiger partial charge on any atom is -0.495 e. The van der Waals surface area contributed by atoms with Crippen molar-refractivity contribution in [2.24, 2.45) is 11.8 Å². The Balaban J connectivity index is 0.814. The number of thiazole rings is 1. The monoisotopic (exact) mass is 1040 g/mol. The Hall–Kier alpha value is -5.15. The first-order valence-corrected chi connectivity index (χ1v) is 26.5. The van der Waals surface area contributed by atoms with Crippen LogP contribution in [0.3, 0.4) is 0 Å². The Morgan fingerprint density at radius 1 is 1.04 bits per heavy atom. The number of nitrogens with one attached hydrogen (secondary N) is 4. The summed E-state index contributed by atoms with van der Waals surface area (Å²) in [6, 6.07) is 7.78. The number of piperazine rings is 1. The summed E-state index contributed by atoms with van der Waals surface area (Å²) in [6.07, 6.45) is 4.67. The predicted molar refractivity (Wildman–Crippen MR) is 272 cm³/mol. The first-order valence-electron chi connectivity index (χ1n) is 24.2. The molecule has 0 bridgehead atoms. The number of hydrogen-bond donors (Lipinski definition) is 5. The Kier molecular flexibility index (Phi) is 16.4. The fourth-order valence-electron chi connectivity index (χ4n) is 9.64. The fraction of sp³-hybridized carbons (Fsp3) is 0.540. The van der Waals surface area contributed by atoms with Crippen molar-refractivity contribution in [1.82, 2.24) is 40.3 Å². The van der Waals surface area contributed by atoms with Gasteiger partial charge in [-0.1, -0.05) is 23.7 Å². The number of aliphatic hydroxyl groups excluding tert-OH is 1. The molecule has 3 atom stereocenters. The second-order valence-electron chi connectivity index (χ2n) is 19.6. The molecule has 2 aliphatic heterocycles. The van der Waals surface area contributed by atoms with Gasteiger partial charge >= 0.3 is 0 Å². The number of aliphatic hydroxyl groups is 1. The minimum atomic E-state index is -2.04. The van der Waals surface area contributed by atoms with Crippen molar-refractivity contribution < 1.29 is 37.8 Å². The Morgan fingerprint density at radius 2 is 1.77 bits per heavy atom. The molecule has 382 valence electrons. The number of nitrogens with zero attached hydrogens (tertiary/aromatic N) is 6. The molecule has 16 nitrogen and oxygen atoms in total. The number of thioether (sulfide) groups is 1. The van der Waals surface area contributed by atoms with Crippen molar-refractivity contribution in [3.05, 3.63) is 75.8 Å². The van der Waals surface area contributed by atoms with E-state index in [1.807, 2.05) is 25.7 Å². The molecule has 2 saturated heterocycles. The van der Waals surface area contributed by atoms with E-state index < -0.39 is 52.1 Å². The zero-order valence-corrected chi connectivity index (χ0v) is 43.1. The van der Waals surface area contributed by atoms with Crippen LogP contribution in [0.1, 0.15) is 80.4 Å². The predicted octanol–water partition coefficient (Wildman–Crippen LogP) is 6.84.